The van der Waals surface area contributed by atoms with Crippen molar-refractivity contribution < 1.29 is 29.3 Å². The highest BCUT2D eigenvalue weighted by molar-refractivity contribution is 6.02. The van der Waals surface area contributed by atoms with Crippen LogP contribution in [0.1, 0.15) is 28.8 Å². The average Bonchev–Trinajstić information content (AvgIpc) is 3.57. The SMILES string of the molecule is NC1=N[C@H]2C(CN3C(=O)CCC3=O)N=C(N)N3CC(NC(=O)c4cccc5c4OCC5)C(O)(O)[C@]23N1. The number of nitrogens with two attached hydrogens (primary N) is 2. The number of hydrogen-bond donors (Lipinski definition) is 6. The Balaban J connectivity index is 1.32. The van der Waals surface area contributed by atoms with Gasteiger partial charge in [-0.3, -0.25) is 19.3 Å². The summed E-state index contributed by atoms with van der Waals surface area (Å²) in [7, 11) is 0. The van der Waals surface area contributed by atoms with E-state index in [2.05, 4.69) is 20.6 Å². The maximum Gasteiger partial charge on any atom is 0.255 e. The number of aliphatic imine (C=N–C) groups is 2. The Kier molecular flexibility index (Phi) is 4.72. The molecule has 190 valence electrons. The minimum atomic E-state index is -2.63. The van der Waals surface area contributed by atoms with Gasteiger partial charge in [-0.25, -0.2) is 9.98 Å². The fourth-order valence-corrected chi connectivity index (χ4v) is 5.88. The van der Waals surface area contributed by atoms with Gasteiger partial charge < -0.3 is 42.0 Å². The molecule has 0 radical (unpaired) electrons. The number of imide groups is 1. The highest BCUT2D eigenvalue weighted by Crippen LogP contribution is 2.45. The van der Waals surface area contributed by atoms with Crippen molar-refractivity contribution >= 4 is 29.6 Å². The lowest BCUT2D eigenvalue weighted by atomic mass is 9.84. The lowest BCUT2D eigenvalue weighted by Crippen LogP contribution is -2.78. The maximum absolute atomic E-state index is 13.2. The number of likely N-dealkylation sites (tertiary alicyclic amines) is 1. The molecule has 0 saturated carbocycles. The van der Waals surface area contributed by atoms with Gasteiger partial charge in [0.15, 0.2) is 17.6 Å². The summed E-state index contributed by atoms with van der Waals surface area (Å²) in [6.07, 6.45) is 0.877. The normalized spacial score (nSPS) is 31.8. The van der Waals surface area contributed by atoms with Crippen LogP contribution in [0.2, 0.25) is 0 Å². The number of para-hydroxylation sites is 1. The smallest absolute Gasteiger partial charge is 0.255 e. The number of fused-ring (bicyclic) bond motifs is 1. The Hall–Kier alpha value is -3.91. The van der Waals surface area contributed by atoms with E-state index in [-0.39, 0.29) is 55.2 Å². The predicted molar refractivity (Wildman–Crippen MR) is 123 cm³/mol. The van der Waals surface area contributed by atoms with Crippen molar-refractivity contribution in [2.75, 3.05) is 19.7 Å². The molecule has 0 bridgehead atoms. The Morgan fingerprint density at radius 2 is 1.94 bits per heavy atom. The molecule has 1 spiro atoms. The van der Waals surface area contributed by atoms with Crippen LogP contribution >= 0.6 is 0 Å². The molecule has 36 heavy (non-hydrogen) atoms. The van der Waals surface area contributed by atoms with E-state index in [0.717, 1.165) is 10.5 Å². The average molecular weight is 499 g/mol. The fourth-order valence-electron chi connectivity index (χ4n) is 5.88. The molecule has 6 rings (SSSR count). The molecule has 4 atom stereocenters. The predicted octanol–water partition coefficient (Wildman–Crippen LogP) is -3.45. The second kappa shape index (κ2) is 7.54. The molecule has 0 aromatic heterocycles. The molecule has 1 aromatic rings. The zero-order valence-corrected chi connectivity index (χ0v) is 19.2. The highest BCUT2D eigenvalue weighted by atomic mass is 16.5. The topological polar surface area (TPSA) is 208 Å². The van der Waals surface area contributed by atoms with E-state index >= 15 is 0 Å². The van der Waals surface area contributed by atoms with E-state index in [1.807, 2.05) is 6.07 Å². The number of aliphatic hydroxyl groups is 2. The molecule has 2 saturated heterocycles. The molecule has 5 aliphatic heterocycles. The van der Waals surface area contributed by atoms with Crippen molar-refractivity contribution in [3.05, 3.63) is 29.3 Å². The van der Waals surface area contributed by atoms with Gasteiger partial charge in [-0.1, -0.05) is 12.1 Å². The monoisotopic (exact) mass is 498 g/mol. The van der Waals surface area contributed by atoms with Crippen molar-refractivity contribution in [1.82, 2.24) is 20.4 Å². The molecular weight excluding hydrogens is 472 g/mol. The molecular formula is C22H26N8O6. The summed E-state index contributed by atoms with van der Waals surface area (Å²) in [5.41, 5.74) is 11.6. The minimum absolute atomic E-state index is 0.0686. The molecule has 2 fully saturated rings. The van der Waals surface area contributed by atoms with Crippen LogP contribution in [0.5, 0.6) is 5.75 Å². The van der Waals surface area contributed by atoms with Crippen LogP contribution in [0.4, 0.5) is 0 Å². The Morgan fingerprint density at radius 3 is 2.69 bits per heavy atom. The van der Waals surface area contributed by atoms with Crippen molar-refractivity contribution in [2.24, 2.45) is 21.5 Å². The largest absolute Gasteiger partial charge is 0.492 e. The van der Waals surface area contributed by atoms with Gasteiger partial charge in [0.1, 0.15) is 17.8 Å². The van der Waals surface area contributed by atoms with Crippen molar-refractivity contribution in [1.29, 1.82) is 0 Å². The van der Waals surface area contributed by atoms with Crippen LogP contribution in [0.15, 0.2) is 28.2 Å². The van der Waals surface area contributed by atoms with Crippen LogP contribution in [-0.2, 0) is 16.0 Å². The number of benzene rings is 1. The summed E-state index contributed by atoms with van der Waals surface area (Å²) in [5, 5.41) is 28.6. The first-order valence-electron chi connectivity index (χ1n) is 11.7. The standard InChI is InChI=1S/C22H26N8O6/c23-19-27-17-12(8-29-14(31)4-5-15(29)32)25-20(24)30-9-13(22(34,35)21(17,30)28-19)26-18(33)11-3-1-2-10-6-7-36-16(10)11/h1-3,12-13,17,34-35H,4-9H2,(H2,24,25)(H,26,33)(H3,23,27,28)/t12?,13?,17-,21-/m0/s1. The second-order valence-electron chi connectivity index (χ2n) is 9.56. The maximum atomic E-state index is 13.2. The number of carbonyl (C=O) groups is 3. The Labute approximate surface area is 205 Å². The summed E-state index contributed by atoms with van der Waals surface area (Å²) < 4.78 is 5.61. The number of nitrogens with zero attached hydrogens (tertiary/aromatic N) is 4. The van der Waals surface area contributed by atoms with Crippen LogP contribution in [0.25, 0.3) is 0 Å². The third-order valence-corrected chi connectivity index (χ3v) is 7.59. The summed E-state index contributed by atoms with van der Waals surface area (Å²) in [6, 6.07) is 2.07. The fraction of sp³-hybridized carbons (Fsp3) is 0.500. The quantitative estimate of drug-likeness (QED) is 0.179. The van der Waals surface area contributed by atoms with Gasteiger partial charge in [0, 0.05) is 25.8 Å². The molecule has 0 aliphatic carbocycles. The Morgan fingerprint density at radius 1 is 1.19 bits per heavy atom. The summed E-state index contributed by atoms with van der Waals surface area (Å²) in [4.78, 5) is 48.9. The van der Waals surface area contributed by atoms with E-state index < -0.39 is 35.5 Å². The number of amides is 3. The number of guanidine groups is 2. The van der Waals surface area contributed by atoms with Gasteiger partial charge in [0.2, 0.25) is 17.6 Å². The van der Waals surface area contributed by atoms with E-state index in [1.165, 1.54) is 4.90 Å². The number of carbonyl (C=O) groups excluding carboxylic acids is 3. The van der Waals surface area contributed by atoms with E-state index in [9.17, 15) is 24.6 Å². The van der Waals surface area contributed by atoms with Gasteiger partial charge in [-0.2, -0.15) is 0 Å². The van der Waals surface area contributed by atoms with Crippen LogP contribution in [0.3, 0.4) is 0 Å². The van der Waals surface area contributed by atoms with Crippen LogP contribution < -0.4 is 26.8 Å². The first-order valence-corrected chi connectivity index (χ1v) is 11.7. The Bertz CT molecular complexity index is 1230. The molecule has 1 aromatic carbocycles. The van der Waals surface area contributed by atoms with Crippen LogP contribution in [-0.4, -0.2) is 98.9 Å². The minimum Gasteiger partial charge on any atom is -0.492 e. The van der Waals surface area contributed by atoms with E-state index in [1.54, 1.807) is 12.1 Å². The summed E-state index contributed by atoms with van der Waals surface area (Å²) in [5.74, 6) is -3.56. The third-order valence-electron chi connectivity index (χ3n) is 7.59. The lowest BCUT2D eigenvalue weighted by molar-refractivity contribution is -0.230. The molecule has 14 heteroatoms. The van der Waals surface area contributed by atoms with E-state index in [0.29, 0.717) is 18.8 Å². The lowest BCUT2D eigenvalue weighted by Gasteiger charge is -2.49. The molecule has 3 amide bonds. The number of hydrogen-bond acceptors (Lipinski definition) is 12. The zero-order chi connectivity index (χ0) is 25.4. The van der Waals surface area contributed by atoms with Gasteiger partial charge >= 0.3 is 0 Å². The van der Waals surface area contributed by atoms with Gasteiger partial charge in [-0.05, 0) is 11.6 Å². The van der Waals surface area contributed by atoms with Gasteiger partial charge in [0.25, 0.3) is 5.91 Å². The molecule has 5 heterocycles. The number of rotatable bonds is 4. The summed E-state index contributed by atoms with van der Waals surface area (Å²) >= 11 is 0. The zero-order valence-electron chi connectivity index (χ0n) is 19.2. The summed E-state index contributed by atoms with van der Waals surface area (Å²) in [6.45, 7) is 0.199. The van der Waals surface area contributed by atoms with E-state index in [4.69, 9.17) is 16.2 Å². The molecule has 5 aliphatic rings. The van der Waals surface area contributed by atoms with Crippen molar-refractivity contribution in [3.63, 3.8) is 0 Å². The van der Waals surface area contributed by atoms with Gasteiger partial charge in [0.05, 0.1) is 24.8 Å². The first-order chi connectivity index (χ1) is 17.1. The van der Waals surface area contributed by atoms with Gasteiger partial charge in [-0.15, -0.1) is 0 Å². The molecule has 14 nitrogen and oxygen atoms in total. The van der Waals surface area contributed by atoms with Crippen molar-refractivity contribution in [3.8, 4) is 5.75 Å². The van der Waals surface area contributed by atoms with Crippen molar-refractivity contribution in [2.45, 2.75) is 48.8 Å². The first kappa shape index (κ1) is 22.5. The molecule has 8 N–H and O–H groups in total. The third kappa shape index (κ3) is 2.94. The number of nitrogens with one attached hydrogen (secondary N) is 2. The number of ether oxygens (including phenoxy) is 1. The van der Waals surface area contributed by atoms with Crippen LogP contribution in [0, 0.1) is 0 Å². The highest BCUT2D eigenvalue weighted by Gasteiger charge is 2.73. The molecule has 2 unspecified atom stereocenters. The second-order valence-corrected chi connectivity index (χ2v) is 9.56.